The molecule has 0 radical (unpaired) electrons. The van der Waals surface area contributed by atoms with E-state index in [0.29, 0.717) is 38.7 Å². The summed E-state index contributed by atoms with van der Waals surface area (Å²) in [6.07, 6.45) is 7.73. The Labute approximate surface area is 328 Å². The van der Waals surface area contributed by atoms with Crippen LogP contribution in [-0.2, 0) is 38.1 Å². The highest BCUT2D eigenvalue weighted by atomic mass is 19.2. The lowest BCUT2D eigenvalue weighted by Gasteiger charge is -2.39. The van der Waals surface area contributed by atoms with Gasteiger partial charge in [-0.3, -0.25) is 19.2 Å². The van der Waals surface area contributed by atoms with Crippen LogP contribution in [0.5, 0.6) is 5.75 Å². The van der Waals surface area contributed by atoms with Gasteiger partial charge in [-0.15, -0.1) is 0 Å². The van der Waals surface area contributed by atoms with Crippen LogP contribution in [0.3, 0.4) is 0 Å². The number of amides is 2. The van der Waals surface area contributed by atoms with Gasteiger partial charge in [0.2, 0.25) is 46.6 Å². The molecule has 1 aromatic rings. The summed E-state index contributed by atoms with van der Waals surface area (Å²) in [4.78, 5) is 48.2. The smallest absolute Gasteiger partial charge is 0.311 e. The monoisotopic (exact) mass is 814 g/mol. The second-order valence-corrected chi connectivity index (χ2v) is 14.9. The second kappa shape index (κ2) is 20.5. The number of aliphatic hydroxyl groups is 1. The summed E-state index contributed by atoms with van der Waals surface area (Å²) < 4.78 is 94.7. The molecule has 3 fully saturated rings. The van der Waals surface area contributed by atoms with Gasteiger partial charge in [-0.25, -0.2) is 13.2 Å². The molecule has 2 amide bonds. The first kappa shape index (κ1) is 45.5. The molecule has 12 nitrogen and oxygen atoms in total. The number of carbonyl (C=O) groups is 4. The summed E-state index contributed by atoms with van der Waals surface area (Å²) in [5, 5.41) is 16.7. The van der Waals surface area contributed by atoms with Crippen molar-refractivity contribution >= 4 is 23.8 Å². The molecule has 9 unspecified atom stereocenters. The molecule has 9 atom stereocenters. The van der Waals surface area contributed by atoms with Crippen LogP contribution in [0, 0.1) is 35.0 Å². The van der Waals surface area contributed by atoms with E-state index in [4.69, 9.17) is 18.9 Å². The van der Waals surface area contributed by atoms with Gasteiger partial charge in [-0.2, -0.15) is 8.78 Å². The molecule has 1 spiro atoms. The van der Waals surface area contributed by atoms with Crippen LogP contribution in [0.1, 0.15) is 86.0 Å². The molecule has 0 bridgehead atoms. The molecule has 17 heteroatoms. The maximum absolute atomic E-state index is 13.7. The highest BCUT2D eigenvalue weighted by Crippen LogP contribution is 2.43. The zero-order chi connectivity index (χ0) is 42.0. The summed E-state index contributed by atoms with van der Waals surface area (Å²) in [7, 11) is 0. The zero-order valence-electron chi connectivity index (χ0n) is 32.6. The number of ether oxygens (including phenoxy) is 5. The van der Waals surface area contributed by atoms with Crippen molar-refractivity contribution in [3.8, 4) is 5.75 Å². The highest BCUT2D eigenvalue weighted by Gasteiger charge is 2.58. The third-order valence-electron chi connectivity index (χ3n) is 10.1. The standard InChI is InChI=1S/C40H51F5N2O10/c1-21(10-13-28-22(2)17-27(24(4)55-28)47-30(49)15-12-23(3)54-25(5)48)11-14-29-39(52)40(20-53-40)19-26(56-29)18-31(50)46-16-8-6-7-9-32(51)57-38-36(44)34(42)33(41)35(43)37(38)45/h10-12,14-15,22-24,26-29,39,52H,6-9,13,16-20H2,1-5H3,(H,46,50)(H,47,49). The van der Waals surface area contributed by atoms with Crippen molar-refractivity contribution in [1.29, 1.82) is 0 Å². The average molecular weight is 815 g/mol. The Kier molecular flexibility index (Phi) is 16.4. The molecule has 3 saturated heterocycles. The van der Waals surface area contributed by atoms with Crippen LogP contribution in [0.15, 0.2) is 36.0 Å². The minimum atomic E-state index is -2.36. The number of halogens is 5. The first-order valence-electron chi connectivity index (χ1n) is 19.0. The number of carbonyl (C=O) groups excluding carboxylic acids is 4. The van der Waals surface area contributed by atoms with Gasteiger partial charge in [0.25, 0.3) is 0 Å². The summed E-state index contributed by atoms with van der Waals surface area (Å²) >= 11 is 0. The van der Waals surface area contributed by atoms with Crippen molar-refractivity contribution in [3.05, 3.63) is 65.0 Å². The number of nitrogens with one attached hydrogen (secondary N) is 2. The molecule has 3 N–H and O–H groups in total. The van der Waals surface area contributed by atoms with E-state index in [1.807, 2.05) is 26.0 Å². The second-order valence-electron chi connectivity index (χ2n) is 14.9. The molecule has 0 aliphatic carbocycles. The maximum Gasteiger partial charge on any atom is 0.311 e. The molecular formula is C40H51F5N2O10. The third kappa shape index (κ3) is 12.9. The van der Waals surface area contributed by atoms with E-state index in [0.717, 1.165) is 5.57 Å². The van der Waals surface area contributed by atoms with E-state index < -0.39 is 76.8 Å². The number of esters is 2. The van der Waals surface area contributed by atoms with Gasteiger partial charge < -0.3 is 39.4 Å². The predicted molar refractivity (Wildman–Crippen MR) is 194 cm³/mol. The normalized spacial score (nSPS) is 28.1. The largest absolute Gasteiger partial charge is 0.459 e. The van der Waals surface area contributed by atoms with E-state index in [1.165, 1.54) is 19.1 Å². The van der Waals surface area contributed by atoms with E-state index in [1.54, 1.807) is 13.0 Å². The molecule has 316 valence electrons. The number of rotatable bonds is 17. The Morgan fingerprint density at radius 2 is 1.63 bits per heavy atom. The molecule has 0 aromatic heterocycles. The number of hydrogen-bond acceptors (Lipinski definition) is 10. The Bertz CT molecular complexity index is 1690. The van der Waals surface area contributed by atoms with Crippen molar-refractivity contribution in [2.45, 2.75) is 134 Å². The Morgan fingerprint density at radius 3 is 2.28 bits per heavy atom. The number of allylic oxidation sites excluding steroid dienone is 2. The van der Waals surface area contributed by atoms with E-state index in [9.17, 15) is 46.2 Å². The summed E-state index contributed by atoms with van der Waals surface area (Å²) in [5.74, 6) is -15.0. The Balaban J connectivity index is 1.17. The topological polar surface area (TPSA) is 162 Å². The first-order valence-corrected chi connectivity index (χ1v) is 19.0. The molecule has 57 heavy (non-hydrogen) atoms. The van der Waals surface area contributed by atoms with E-state index in [2.05, 4.69) is 22.3 Å². The van der Waals surface area contributed by atoms with Crippen molar-refractivity contribution in [1.82, 2.24) is 10.6 Å². The van der Waals surface area contributed by atoms with Crippen LogP contribution in [-0.4, -0.2) is 90.3 Å². The van der Waals surface area contributed by atoms with Crippen LogP contribution in [0.25, 0.3) is 0 Å². The van der Waals surface area contributed by atoms with E-state index in [-0.39, 0.29) is 61.8 Å². The maximum atomic E-state index is 13.7. The Morgan fingerprint density at radius 1 is 0.965 bits per heavy atom. The quantitative estimate of drug-likeness (QED) is 0.0216. The van der Waals surface area contributed by atoms with Crippen molar-refractivity contribution in [2.75, 3.05) is 13.2 Å². The molecule has 0 saturated carbocycles. The van der Waals surface area contributed by atoms with Crippen molar-refractivity contribution in [3.63, 3.8) is 0 Å². The molecular weight excluding hydrogens is 763 g/mol. The average Bonchev–Trinajstić information content (AvgIpc) is 3.93. The SMILES string of the molecule is CC(=O)OC(C)C=CC(=O)NC1CC(C)C(CC=C(C)C=CC2OC(CC(=O)NCCCCCC(=O)Oc3c(F)c(F)c(F)c(F)c3F)CC3(CO3)C2O)OC1C. The van der Waals surface area contributed by atoms with Gasteiger partial charge in [-0.1, -0.05) is 37.1 Å². The minimum Gasteiger partial charge on any atom is -0.459 e. The van der Waals surface area contributed by atoms with Crippen LogP contribution in [0.4, 0.5) is 22.0 Å². The molecule has 1 aromatic carbocycles. The van der Waals surface area contributed by atoms with Crippen molar-refractivity contribution in [2.24, 2.45) is 5.92 Å². The fraction of sp³-hybridized carbons (Fsp3) is 0.600. The van der Waals surface area contributed by atoms with Crippen molar-refractivity contribution < 1.29 is 69.9 Å². The summed E-state index contributed by atoms with van der Waals surface area (Å²) in [5.41, 5.74) is 0.110. The predicted octanol–water partition coefficient (Wildman–Crippen LogP) is 5.34. The van der Waals surface area contributed by atoms with Gasteiger partial charge in [0.05, 0.1) is 37.4 Å². The molecule has 3 aliphatic heterocycles. The van der Waals surface area contributed by atoms with Gasteiger partial charge in [0.1, 0.15) is 23.9 Å². The van der Waals surface area contributed by atoms with E-state index >= 15 is 0 Å². The molecule has 4 rings (SSSR count). The van der Waals surface area contributed by atoms with Gasteiger partial charge in [-0.05, 0) is 58.4 Å². The van der Waals surface area contributed by atoms with Gasteiger partial charge in [0.15, 0.2) is 0 Å². The summed E-state index contributed by atoms with van der Waals surface area (Å²) in [6, 6.07) is -0.189. The van der Waals surface area contributed by atoms with Crippen LogP contribution in [0.2, 0.25) is 0 Å². The van der Waals surface area contributed by atoms with Crippen LogP contribution >= 0.6 is 0 Å². The first-order chi connectivity index (χ1) is 26.9. The number of benzene rings is 1. The number of aliphatic hydroxyl groups excluding tert-OH is 1. The highest BCUT2D eigenvalue weighted by molar-refractivity contribution is 5.87. The zero-order valence-corrected chi connectivity index (χ0v) is 32.6. The fourth-order valence-corrected chi connectivity index (χ4v) is 6.80. The van der Waals surface area contributed by atoms with Gasteiger partial charge >= 0.3 is 11.9 Å². The van der Waals surface area contributed by atoms with Crippen LogP contribution < -0.4 is 15.4 Å². The lowest BCUT2D eigenvalue weighted by Crippen LogP contribution is -2.50. The fourth-order valence-electron chi connectivity index (χ4n) is 6.80. The number of unbranched alkanes of at least 4 members (excludes halogenated alkanes) is 2. The molecule has 3 heterocycles. The summed E-state index contributed by atoms with van der Waals surface area (Å²) in [6.45, 7) is 9.43. The third-order valence-corrected chi connectivity index (χ3v) is 10.1. The van der Waals surface area contributed by atoms with Gasteiger partial charge in [0, 0.05) is 32.4 Å². The Hall–Kier alpha value is -4.19. The lowest BCUT2D eigenvalue weighted by molar-refractivity contribution is -0.145. The number of hydrogen-bond donors (Lipinski definition) is 3. The molecule has 3 aliphatic rings. The lowest BCUT2D eigenvalue weighted by atomic mass is 9.87. The number of epoxide rings is 1. The minimum absolute atomic E-state index is 0.00542.